The highest BCUT2D eigenvalue weighted by Crippen LogP contribution is 2.31. The number of nitrogens with one attached hydrogen (secondary N) is 2. The molecule has 1 aromatic carbocycles. The molecule has 0 radical (unpaired) electrons. The first-order valence-electron chi connectivity index (χ1n) is 5.85. The van der Waals surface area contributed by atoms with Crippen molar-refractivity contribution >= 4 is 28.4 Å². The van der Waals surface area contributed by atoms with Crippen LogP contribution < -0.4 is 10.1 Å². The number of carbonyl (C=O) groups is 1. The number of benzene rings is 1. The zero-order valence-electron chi connectivity index (χ0n) is 9.70. The van der Waals surface area contributed by atoms with Gasteiger partial charge < -0.3 is 15.0 Å². The Morgan fingerprint density at radius 1 is 1.56 bits per heavy atom. The molecule has 0 spiro atoms. The van der Waals surface area contributed by atoms with Crippen molar-refractivity contribution in [1.82, 2.24) is 10.3 Å². The Hall–Kier alpha value is -1.68. The summed E-state index contributed by atoms with van der Waals surface area (Å²) >= 11 is 5.50. The van der Waals surface area contributed by atoms with E-state index in [-0.39, 0.29) is 17.8 Å². The summed E-state index contributed by atoms with van der Waals surface area (Å²) < 4.78 is 5.76. The van der Waals surface area contributed by atoms with Crippen molar-refractivity contribution in [2.75, 3.05) is 12.5 Å². The molecule has 5 heteroatoms. The lowest BCUT2D eigenvalue weighted by Crippen LogP contribution is -2.40. The Kier molecular flexibility index (Phi) is 2.88. The molecule has 2 N–H and O–H groups in total. The van der Waals surface area contributed by atoms with E-state index in [2.05, 4.69) is 10.3 Å². The Labute approximate surface area is 109 Å². The van der Waals surface area contributed by atoms with Crippen LogP contribution in [0.25, 0.3) is 10.9 Å². The van der Waals surface area contributed by atoms with Crippen LogP contribution in [0.15, 0.2) is 24.4 Å². The molecule has 0 fully saturated rings. The molecule has 94 valence electrons. The van der Waals surface area contributed by atoms with Gasteiger partial charge in [0.2, 0.25) is 5.91 Å². The van der Waals surface area contributed by atoms with Crippen molar-refractivity contribution < 1.29 is 9.53 Å². The maximum atomic E-state index is 11.3. The lowest BCUT2D eigenvalue weighted by Gasteiger charge is -2.15. The van der Waals surface area contributed by atoms with Gasteiger partial charge in [0.15, 0.2) is 0 Å². The van der Waals surface area contributed by atoms with Crippen LogP contribution in [-0.2, 0) is 11.2 Å². The first kappa shape index (κ1) is 11.4. The number of ether oxygens (including phenoxy) is 1. The molecule has 1 atom stereocenters. The van der Waals surface area contributed by atoms with Crippen LogP contribution in [0.4, 0.5) is 0 Å². The zero-order valence-corrected chi connectivity index (χ0v) is 10.5. The summed E-state index contributed by atoms with van der Waals surface area (Å²) in [7, 11) is 0. The average Bonchev–Trinajstić information content (AvgIpc) is 2.70. The summed E-state index contributed by atoms with van der Waals surface area (Å²) in [5.41, 5.74) is 2.23. The number of H-pyrrole nitrogens is 1. The summed E-state index contributed by atoms with van der Waals surface area (Å²) in [5.74, 6) is 0.681. The second kappa shape index (κ2) is 4.53. The molecule has 0 saturated carbocycles. The molecule has 3 rings (SSSR count). The molecular weight excluding hydrogens is 252 g/mol. The van der Waals surface area contributed by atoms with Gasteiger partial charge in [-0.05, 0) is 24.1 Å². The lowest BCUT2D eigenvalue weighted by atomic mass is 10.1. The van der Waals surface area contributed by atoms with E-state index in [1.165, 1.54) is 0 Å². The van der Waals surface area contributed by atoms with Gasteiger partial charge in [-0.1, -0.05) is 6.07 Å². The van der Waals surface area contributed by atoms with Crippen LogP contribution in [0.2, 0.25) is 0 Å². The summed E-state index contributed by atoms with van der Waals surface area (Å²) in [6.07, 6.45) is 2.72. The predicted molar refractivity (Wildman–Crippen MR) is 70.1 cm³/mol. The maximum absolute atomic E-state index is 11.3. The van der Waals surface area contributed by atoms with Crippen LogP contribution >= 0.6 is 11.6 Å². The molecular formula is C13H13ClN2O2. The largest absolute Gasteiger partial charge is 0.491 e. The van der Waals surface area contributed by atoms with E-state index in [0.717, 1.165) is 28.6 Å². The number of carbonyl (C=O) groups excluding carboxylic acids is 1. The van der Waals surface area contributed by atoms with Gasteiger partial charge in [0.05, 0.1) is 6.04 Å². The number of rotatable bonds is 2. The summed E-state index contributed by atoms with van der Waals surface area (Å²) in [5, 5.41) is 3.98. The van der Waals surface area contributed by atoms with Crippen LogP contribution in [-0.4, -0.2) is 29.4 Å². The fraction of sp³-hybridized carbons (Fsp3) is 0.308. The Morgan fingerprint density at radius 3 is 3.28 bits per heavy atom. The minimum atomic E-state index is -0.164. The summed E-state index contributed by atoms with van der Waals surface area (Å²) in [6, 6.07) is 5.88. The third-order valence-electron chi connectivity index (χ3n) is 3.14. The van der Waals surface area contributed by atoms with Crippen LogP contribution in [0, 0.1) is 0 Å². The predicted octanol–water partition coefficient (Wildman–Crippen LogP) is 1.83. The number of hydrogen-bond acceptors (Lipinski definition) is 2. The minimum Gasteiger partial charge on any atom is -0.491 e. The van der Waals surface area contributed by atoms with Crippen LogP contribution in [0.1, 0.15) is 5.56 Å². The van der Waals surface area contributed by atoms with Crippen molar-refractivity contribution in [3.8, 4) is 5.75 Å². The number of alkyl halides is 1. The van der Waals surface area contributed by atoms with Crippen molar-refractivity contribution in [1.29, 1.82) is 0 Å². The second-order valence-corrected chi connectivity index (χ2v) is 4.67. The number of halogens is 1. The number of aromatic amines is 1. The van der Waals surface area contributed by atoms with E-state index >= 15 is 0 Å². The molecule has 0 saturated heterocycles. The van der Waals surface area contributed by atoms with Crippen LogP contribution in [0.5, 0.6) is 5.75 Å². The second-order valence-electron chi connectivity index (χ2n) is 4.41. The molecule has 1 amide bonds. The van der Waals surface area contributed by atoms with E-state index < -0.39 is 0 Å². The number of aromatic nitrogens is 1. The van der Waals surface area contributed by atoms with Gasteiger partial charge in [0.25, 0.3) is 0 Å². The third kappa shape index (κ3) is 1.93. The van der Waals surface area contributed by atoms with Crippen molar-refractivity contribution in [3.63, 3.8) is 0 Å². The SMILES string of the molecule is O=C(CCl)NC1COc2cccc3[nH]cc(c23)C1. The smallest absolute Gasteiger partial charge is 0.235 e. The Bertz CT molecular complexity index is 594. The highest BCUT2D eigenvalue weighted by molar-refractivity contribution is 6.27. The molecule has 4 nitrogen and oxygen atoms in total. The van der Waals surface area contributed by atoms with E-state index in [1.807, 2.05) is 24.4 Å². The average molecular weight is 265 g/mol. The molecule has 2 heterocycles. The molecule has 1 unspecified atom stereocenters. The number of amides is 1. The molecule has 1 aliphatic heterocycles. The van der Waals surface area contributed by atoms with Gasteiger partial charge in [-0.25, -0.2) is 0 Å². The van der Waals surface area contributed by atoms with Gasteiger partial charge in [-0.3, -0.25) is 4.79 Å². The highest BCUT2D eigenvalue weighted by Gasteiger charge is 2.21. The Balaban J connectivity index is 1.92. The topological polar surface area (TPSA) is 54.1 Å². The van der Waals surface area contributed by atoms with Gasteiger partial charge >= 0.3 is 0 Å². The third-order valence-corrected chi connectivity index (χ3v) is 3.38. The molecule has 0 bridgehead atoms. The zero-order chi connectivity index (χ0) is 12.5. The minimum absolute atomic E-state index is 0.0218. The summed E-state index contributed by atoms with van der Waals surface area (Å²) in [4.78, 5) is 14.6. The van der Waals surface area contributed by atoms with Crippen molar-refractivity contribution in [2.24, 2.45) is 0 Å². The number of hydrogen-bond donors (Lipinski definition) is 2. The van der Waals surface area contributed by atoms with E-state index in [4.69, 9.17) is 16.3 Å². The van der Waals surface area contributed by atoms with Crippen LogP contribution in [0.3, 0.4) is 0 Å². The molecule has 1 aromatic heterocycles. The molecule has 0 aliphatic carbocycles. The lowest BCUT2D eigenvalue weighted by molar-refractivity contribution is -0.119. The Morgan fingerprint density at radius 2 is 2.44 bits per heavy atom. The van der Waals surface area contributed by atoms with Gasteiger partial charge in [0, 0.05) is 17.1 Å². The van der Waals surface area contributed by atoms with E-state index in [9.17, 15) is 4.79 Å². The fourth-order valence-electron chi connectivity index (χ4n) is 2.37. The van der Waals surface area contributed by atoms with E-state index in [0.29, 0.717) is 6.61 Å². The molecule has 1 aliphatic rings. The van der Waals surface area contributed by atoms with Crippen molar-refractivity contribution in [3.05, 3.63) is 30.0 Å². The van der Waals surface area contributed by atoms with Gasteiger partial charge in [-0.2, -0.15) is 0 Å². The van der Waals surface area contributed by atoms with E-state index in [1.54, 1.807) is 0 Å². The monoisotopic (exact) mass is 264 g/mol. The fourth-order valence-corrected chi connectivity index (χ4v) is 2.45. The van der Waals surface area contributed by atoms with Gasteiger partial charge in [-0.15, -0.1) is 11.6 Å². The summed E-state index contributed by atoms with van der Waals surface area (Å²) in [6.45, 7) is 0.469. The standard InChI is InChI=1S/C13H13ClN2O2/c14-5-12(17)16-9-4-8-6-15-10-2-1-3-11(13(8)10)18-7-9/h1-3,6,9,15H,4-5,7H2,(H,16,17). The first-order chi connectivity index (χ1) is 8.78. The first-order valence-corrected chi connectivity index (χ1v) is 6.38. The highest BCUT2D eigenvalue weighted by atomic mass is 35.5. The van der Waals surface area contributed by atoms with Gasteiger partial charge in [0.1, 0.15) is 18.2 Å². The van der Waals surface area contributed by atoms with Crippen molar-refractivity contribution in [2.45, 2.75) is 12.5 Å². The molecule has 2 aromatic rings. The normalized spacial score (nSPS) is 18.2. The molecule has 18 heavy (non-hydrogen) atoms. The maximum Gasteiger partial charge on any atom is 0.235 e. The quantitative estimate of drug-likeness (QED) is 0.813.